The summed E-state index contributed by atoms with van der Waals surface area (Å²) in [6.45, 7) is 4.49. The summed E-state index contributed by atoms with van der Waals surface area (Å²) in [5, 5.41) is 7.11. The molecular formula is C12H18ClF2N3O3S2. The Labute approximate surface area is 143 Å². The van der Waals surface area contributed by atoms with Crippen LogP contribution in [0.25, 0.3) is 0 Å². The van der Waals surface area contributed by atoms with Crippen molar-refractivity contribution in [2.45, 2.75) is 10.7 Å². The summed E-state index contributed by atoms with van der Waals surface area (Å²) >= 11 is 0.840. The average Bonchev–Trinajstić information content (AvgIpc) is 2.98. The van der Waals surface area contributed by atoms with Crippen LogP contribution in [0.2, 0.25) is 0 Å². The number of amides is 1. The van der Waals surface area contributed by atoms with Crippen LogP contribution in [-0.2, 0) is 9.84 Å². The van der Waals surface area contributed by atoms with Crippen LogP contribution >= 0.6 is 23.7 Å². The first kappa shape index (κ1) is 20.2. The summed E-state index contributed by atoms with van der Waals surface area (Å²) in [7, 11) is -4.76. The van der Waals surface area contributed by atoms with Crippen LogP contribution in [0.4, 0.5) is 8.78 Å². The van der Waals surface area contributed by atoms with Crippen LogP contribution in [0.5, 0.6) is 0 Å². The van der Waals surface area contributed by atoms with Crippen molar-refractivity contribution in [1.29, 1.82) is 0 Å². The number of nitrogens with zero attached hydrogens (tertiary/aromatic N) is 1. The Bertz CT molecular complexity index is 619. The van der Waals surface area contributed by atoms with Gasteiger partial charge in [0.25, 0.3) is 5.91 Å². The van der Waals surface area contributed by atoms with E-state index in [1.165, 1.54) is 5.38 Å². The lowest BCUT2D eigenvalue weighted by Gasteiger charge is -2.27. The predicted octanol–water partition coefficient (Wildman–Crippen LogP) is 0.801. The van der Waals surface area contributed by atoms with E-state index in [0.717, 1.165) is 43.6 Å². The van der Waals surface area contributed by atoms with Crippen LogP contribution in [0, 0.1) is 0 Å². The van der Waals surface area contributed by atoms with E-state index in [1.807, 2.05) is 0 Å². The summed E-state index contributed by atoms with van der Waals surface area (Å²) < 4.78 is 48.2. The van der Waals surface area contributed by atoms with E-state index in [0.29, 0.717) is 13.1 Å². The number of rotatable bonds is 6. The fourth-order valence-corrected chi connectivity index (χ4v) is 4.21. The molecule has 0 aromatic carbocycles. The molecule has 0 unspecified atom stereocenters. The average molecular weight is 390 g/mol. The molecule has 1 amide bonds. The number of sulfone groups is 1. The minimum atomic E-state index is -4.76. The lowest BCUT2D eigenvalue weighted by molar-refractivity contribution is 0.0948. The van der Waals surface area contributed by atoms with Crippen molar-refractivity contribution in [3.8, 4) is 0 Å². The Morgan fingerprint density at radius 2 is 2.04 bits per heavy atom. The van der Waals surface area contributed by atoms with Crippen LogP contribution in [0.3, 0.4) is 0 Å². The highest BCUT2D eigenvalue weighted by molar-refractivity contribution is 7.92. The van der Waals surface area contributed by atoms with Gasteiger partial charge in [0.2, 0.25) is 9.84 Å². The highest BCUT2D eigenvalue weighted by Gasteiger charge is 2.32. The zero-order valence-corrected chi connectivity index (χ0v) is 14.6. The summed E-state index contributed by atoms with van der Waals surface area (Å²) in [5.41, 5.74) is 0. The van der Waals surface area contributed by atoms with Gasteiger partial charge in [0.15, 0.2) is 0 Å². The molecule has 0 atom stereocenters. The Hall–Kier alpha value is -0.810. The number of alkyl halides is 2. The molecule has 132 valence electrons. The Morgan fingerprint density at radius 3 is 2.65 bits per heavy atom. The first-order chi connectivity index (χ1) is 10.4. The van der Waals surface area contributed by atoms with E-state index < -0.39 is 26.4 Å². The lowest BCUT2D eigenvalue weighted by Crippen LogP contribution is -2.46. The molecule has 0 bridgehead atoms. The smallest absolute Gasteiger partial charge is 0.341 e. The van der Waals surface area contributed by atoms with Crippen molar-refractivity contribution in [1.82, 2.24) is 15.5 Å². The number of carbonyl (C=O) groups is 1. The molecule has 1 aromatic heterocycles. The molecule has 1 saturated heterocycles. The van der Waals surface area contributed by atoms with Crippen LogP contribution in [0.15, 0.2) is 16.3 Å². The highest BCUT2D eigenvalue weighted by Crippen LogP contribution is 2.26. The van der Waals surface area contributed by atoms with Crippen LogP contribution in [0.1, 0.15) is 9.67 Å². The lowest BCUT2D eigenvalue weighted by atomic mass is 10.3. The van der Waals surface area contributed by atoms with Gasteiger partial charge in [-0.05, 0) is 11.4 Å². The van der Waals surface area contributed by atoms with E-state index >= 15 is 0 Å². The van der Waals surface area contributed by atoms with Gasteiger partial charge in [-0.25, -0.2) is 8.42 Å². The molecule has 0 saturated carbocycles. The zero-order chi connectivity index (χ0) is 16.2. The zero-order valence-electron chi connectivity index (χ0n) is 12.1. The molecule has 0 radical (unpaired) electrons. The van der Waals surface area contributed by atoms with Gasteiger partial charge in [-0.3, -0.25) is 9.69 Å². The number of hydrogen-bond donors (Lipinski definition) is 2. The summed E-state index contributed by atoms with van der Waals surface area (Å²) in [5.74, 6) is -4.17. The molecule has 1 aliphatic rings. The Morgan fingerprint density at radius 1 is 1.39 bits per heavy atom. The van der Waals surface area contributed by atoms with Gasteiger partial charge in [-0.15, -0.1) is 23.7 Å². The predicted molar refractivity (Wildman–Crippen MR) is 86.4 cm³/mol. The molecule has 2 rings (SSSR count). The first-order valence-electron chi connectivity index (χ1n) is 6.73. The van der Waals surface area contributed by atoms with E-state index in [2.05, 4.69) is 15.5 Å². The second kappa shape index (κ2) is 8.88. The fourth-order valence-electron chi connectivity index (χ4n) is 2.13. The molecule has 1 aliphatic heterocycles. The Kier molecular flexibility index (Phi) is 7.81. The minimum Gasteiger partial charge on any atom is -0.350 e. The van der Waals surface area contributed by atoms with Gasteiger partial charge in [-0.2, -0.15) is 8.78 Å². The van der Waals surface area contributed by atoms with E-state index in [4.69, 9.17) is 0 Å². The number of nitrogens with one attached hydrogen (secondary N) is 2. The Balaban J connectivity index is 0.00000264. The molecule has 1 fully saturated rings. The van der Waals surface area contributed by atoms with Crippen LogP contribution in [-0.4, -0.2) is 64.3 Å². The normalized spacial score (nSPS) is 16.1. The third-order valence-corrected chi connectivity index (χ3v) is 5.76. The van der Waals surface area contributed by atoms with Gasteiger partial charge in [-0.1, -0.05) is 0 Å². The van der Waals surface area contributed by atoms with Gasteiger partial charge >= 0.3 is 5.76 Å². The monoisotopic (exact) mass is 389 g/mol. The number of hydrogen-bond acceptors (Lipinski definition) is 6. The van der Waals surface area contributed by atoms with Gasteiger partial charge in [0, 0.05) is 39.3 Å². The molecule has 6 nitrogen and oxygen atoms in total. The topological polar surface area (TPSA) is 78.5 Å². The van der Waals surface area contributed by atoms with E-state index in [-0.39, 0.29) is 17.3 Å². The summed E-state index contributed by atoms with van der Waals surface area (Å²) in [6.07, 6.45) is 0. The third-order valence-electron chi connectivity index (χ3n) is 3.30. The van der Waals surface area contributed by atoms with Gasteiger partial charge < -0.3 is 10.6 Å². The number of halogens is 3. The standard InChI is InChI=1S/C12H17F2N3O3S2.ClH/c13-12(14)22(19,20)9-1-8-21-10(9)11(18)16-4-7-17-5-2-15-3-6-17;/h1,8,12,15H,2-7H2,(H,16,18);1H. The number of piperazine rings is 1. The number of carbonyl (C=O) groups excluding carboxylic acids is 1. The fraction of sp³-hybridized carbons (Fsp3) is 0.583. The van der Waals surface area contributed by atoms with Gasteiger partial charge in [0.05, 0.1) is 4.90 Å². The first-order valence-corrected chi connectivity index (χ1v) is 9.16. The van der Waals surface area contributed by atoms with Crippen molar-refractivity contribution < 1.29 is 22.0 Å². The van der Waals surface area contributed by atoms with Crippen molar-refractivity contribution >= 4 is 39.5 Å². The molecule has 0 aliphatic carbocycles. The maximum atomic E-state index is 12.6. The SMILES string of the molecule is Cl.O=C(NCCN1CCNCC1)c1sccc1S(=O)(=O)C(F)F. The summed E-state index contributed by atoms with van der Waals surface area (Å²) in [4.78, 5) is 13.4. The number of thiophene rings is 1. The quantitative estimate of drug-likeness (QED) is 0.752. The van der Waals surface area contributed by atoms with E-state index in [1.54, 1.807) is 0 Å². The maximum absolute atomic E-state index is 12.6. The second-order valence-electron chi connectivity index (χ2n) is 4.77. The van der Waals surface area contributed by atoms with Crippen molar-refractivity contribution in [3.05, 3.63) is 16.3 Å². The molecule has 2 N–H and O–H groups in total. The molecule has 23 heavy (non-hydrogen) atoms. The van der Waals surface area contributed by atoms with Gasteiger partial charge in [0.1, 0.15) is 4.88 Å². The van der Waals surface area contributed by atoms with E-state index in [9.17, 15) is 22.0 Å². The van der Waals surface area contributed by atoms with Crippen molar-refractivity contribution in [3.63, 3.8) is 0 Å². The third kappa shape index (κ3) is 5.08. The molecule has 11 heteroatoms. The summed E-state index contributed by atoms with van der Waals surface area (Å²) in [6, 6.07) is 1.04. The van der Waals surface area contributed by atoms with Crippen molar-refractivity contribution in [2.75, 3.05) is 39.3 Å². The largest absolute Gasteiger partial charge is 0.350 e. The van der Waals surface area contributed by atoms with Crippen molar-refractivity contribution in [2.24, 2.45) is 0 Å². The molecule has 1 aromatic rings. The van der Waals surface area contributed by atoms with Crippen LogP contribution < -0.4 is 10.6 Å². The maximum Gasteiger partial charge on any atom is 0.341 e. The second-order valence-corrected chi connectivity index (χ2v) is 7.57. The molecular weight excluding hydrogens is 372 g/mol. The molecule has 2 heterocycles. The highest BCUT2D eigenvalue weighted by atomic mass is 35.5. The minimum absolute atomic E-state index is 0. The molecule has 0 spiro atoms.